The van der Waals surface area contributed by atoms with Crippen molar-refractivity contribution in [1.29, 1.82) is 0 Å². The van der Waals surface area contributed by atoms with Crippen molar-refractivity contribution < 1.29 is 19.1 Å². The number of ether oxygens (including phenoxy) is 2. The van der Waals surface area contributed by atoms with E-state index in [-0.39, 0.29) is 29.2 Å². The molecule has 0 spiro atoms. The number of esters is 2. The molecule has 0 N–H and O–H groups in total. The van der Waals surface area contributed by atoms with Gasteiger partial charge in [-0.05, 0) is 11.3 Å². The molecule has 0 bridgehead atoms. The van der Waals surface area contributed by atoms with Gasteiger partial charge in [-0.1, -0.05) is 13.8 Å². The standard InChI is InChI=1S/C10H16O4/c1-10(2)6(5-7(11)13-3)8(10)9(12)14-4/h6,8H,5H2,1-4H3/t6-,8-/m0/s1. The van der Waals surface area contributed by atoms with Crippen LogP contribution in [0, 0.1) is 17.3 Å². The van der Waals surface area contributed by atoms with E-state index in [9.17, 15) is 9.59 Å². The molecule has 4 nitrogen and oxygen atoms in total. The maximum atomic E-state index is 11.3. The number of methoxy groups -OCH3 is 2. The van der Waals surface area contributed by atoms with Gasteiger partial charge in [0, 0.05) is 6.42 Å². The van der Waals surface area contributed by atoms with Crippen LogP contribution < -0.4 is 0 Å². The smallest absolute Gasteiger partial charge is 0.309 e. The third-order valence-electron chi connectivity index (χ3n) is 3.12. The molecule has 80 valence electrons. The monoisotopic (exact) mass is 200 g/mol. The molecular formula is C10H16O4. The van der Waals surface area contributed by atoms with Crippen LogP contribution in [0.15, 0.2) is 0 Å². The summed E-state index contributed by atoms with van der Waals surface area (Å²) in [7, 11) is 2.72. The Kier molecular flexibility index (Phi) is 2.83. The number of carbonyl (C=O) groups excluding carboxylic acids is 2. The second-order valence-corrected chi connectivity index (χ2v) is 4.21. The average molecular weight is 200 g/mol. The van der Waals surface area contributed by atoms with Crippen LogP contribution in [0.3, 0.4) is 0 Å². The molecule has 1 fully saturated rings. The minimum atomic E-state index is -0.269. The number of hydrogen-bond acceptors (Lipinski definition) is 4. The molecule has 1 aliphatic carbocycles. The maximum Gasteiger partial charge on any atom is 0.309 e. The largest absolute Gasteiger partial charge is 0.469 e. The topological polar surface area (TPSA) is 52.6 Å². The van der Waals surface area contributed by atoms with Crippen LogP contribution in [0.4, 0.5) is 0 Å². The molecule has 1 saturated carbocycles. The molecule has 0 aromatic carbocycles. The maximum absolute atomic E-state index is 11.3. The highest BCUT2D eigenvalue weighted by Gasteiger charge is 2.62. The van der Waals surface area contributed by atoms with E-state index < -0.39 is 0 Å². The van der Waals surface area contributed by atoms with Crippen molar-refractivity contribution in [3.05, 3.63) is 0 Å². The highest BCUT2D eigenvalue weighted by Crippen LogP contribution is 2.60. The van der Waals surface area contributed by atoms with Crippen LogP contribution in [0.25, 0.3) is 0 Å². The van der Waals surface area contributed by atoms with Crippen molar-refractivity contribution in [3.8, 4) is 0 Å². The molecule has 2 atom stereocenters. The zero-order chi connectivity index (χ0) is 10.9. The lowest BCUT2D eigenvalue weighted by molar-refractivity contribution is -0.143. The van der Waals surface area contributed by atoms with E-state index in [1.165, 1.54) is 14.2 Å². The summed E-state index contributed by atoms with van der Waals surface area (Å²) in [6, 6.07) is 0. The van der Waals surface area contributed by atoms with Gasteiger partial charge in [-0.25, -0.2) is 0 Å². The Bertz CT molecular complexity index is 257. The van der Waals surface area contributed by atoms with Crippen LogP contribution in [0.5, 0.6) is 0 Å². The Morgan fingerprint density at radius 2 is 1.79 bits per heavy atom. The lowest BCUT2D eigenvalue weighted by atomic mass is 10.1. The van der Waals surface area contributed by atoms with Crippen LogP contribution in [-0.2, 0) is 19.1 Å². The van der Waals surface area contributed by atoms with Gasteiger partial charge in [0.1, 0.15) is 0 Å². The Labute approximate surface area is 83.6 Å². The molecule has 0 radical (unpaired) electrons. The van der Waals surface area contributed by atoms with Crippen LogP contribution in [0.1, 0.15) is 20.3 Å². The van der Waals surface area contributed by atoms with E-state index in [1.807, 2.05) is 13.8 Å². The van der Waals surface area contributed by atoms with Crippen molar-refractivity contribution in [2.75, 3.05) is 14.2 Å². The first-order valence-corrected chi connectivity index (χ1v) is 4.59. The fourth-order valence-electron chi connectivity index (χ4n) is 1.98. The highest BCUT2D eigenvalue weighted by atomic mass is 16.5. The van der Waals surface area contributed by atoms with Gasteiger partial charge < -0.3 is 9.47 Å². The third kappa shape index (κ3) is 1.74. The number of carbonyl (C=O) groups is 2. The fourth-order valence-corrected chi connectivity index (χ4v) is 1.98. The Balaban J connectivity index is 2.57. The highest BCUT2D eigenvalue weighted by molar-refractivity contribution is 5.80. The summed E-state index contributed by atoms with van der Waals surface area (Å²) in [4.78, 5) is 22.3. The minimum absolute atomic E-state index is 0.0578. The van der Waals surface area contributed by atoms with E-state index >= 15 is 0 Å². The van der Waals surface area contributed by atoms with Crippen LogP contribution in [0.2, 0.25) is 0 Å². The minimum Gasteiger partial charge on any atom is -0.469 e. The van der Waals surface area contributed by atoms with Gasteiger partial charge in [-0.15, -0.1) is 0 Å². The zero-order valence-corrected chi connectivity index (χ0v) is 8.99. The van der Waals surface area contributed by atoms with Crippen LogP contribution >= 0.6 is 0 Å². The van der Waals surface area contributed by atoms with Gasteiger partial charge in [-0.2, -0.15) is 0 Å². The van der Waals surface area contributed by atoms with E-state index in [0.717, 1.165) is 0 Å². The van der Waals surface area contributed by atoms with Gasteiger partial charge in [-0.3, -0.25) is 9.59 Å². The molecule has 0 aromatic rings. The van der Waals surface area contributed by atoms with Crippen LogP contribution in [-0.4, -0.2) is 26.2 Å². The second kappa shape index (κ2) is 3.59. The van der Waals surface area contributed by atoms with E-state index in [1.54, 1.807) is 0 Å². The summed E-state index contributed by atoms with van der Waals surface area (Å²) in [6.07, 6.45) is 0.295. The Hall–Kier alpha value is -1.06. The van der Waals surface area contributed by atoms with Crippen molar-refractivity contribution in [2.45, 2.75) is 20.3 Å². The molecule has 0 amide bonds. The van der Waals surface area contributed by atoms with Gasteiger partial charge >= 0.3 is 11.9 Å². The molecule has 0 unspecified atom stereocenters. The van der Waals surface area contributed by atoms with Gasteiger partial charge in [0.2, 0.25) is 0 Å². The SMILES string of the molecule is COC(=O)C[C@H]1[C@@H](C(=O)OC)C1(C)C. The summed E-state index contributed by atoms with van der Waals surface area (Å²) in [5.74, 6) is -0.604. The summed E-state index contributed by atoms with van der Waals surface area (Å²) in [5, 5.41) is 0. The molecule has 4 heteroatoms. The van der Waals surface area contributed by atoms with E-state index in [2.05, 4.69) is 9.47 Å². The number of rotatable bonds is 3. The van der Waals surface area contributed by atoms with Gasteiger partial charge in [0.15, 0.2) is 0 Å². The Morgan fingerprint density at radius 1 is 1.21 bits per heavy atom. The first-order chi connectivity index (χ1) is 6.45. The van der Waals surface area contributed by atoms with Gasteiger partial charge in [0.25, 0.3) is 0 Å². The predicted molar refractivity (Wildman–Crippen MR) is 49.4 cm³/mol. The zero-order valence-electron chi connectivity index (χ0n) is 8.99. The summed E-state index contributed by atoms with van der Waals surface area (Å²) in [5.41, 5.74) is -0.138. The molecule has 14 heavy (non-hydrogen) atoms. The molecule has 1 rings (SSSR count). The van der Waals surface area contributed by atoms with E-state index in [0.29, 0.717) is 6.42 Å². The summed E-state index contributed by atoms with van der Waals surface area (Å²) >= 11 is 0. The molecule has 1 aliphatic rings. The van der Waals surface area contributed by atoms with Crippen molar-refractivity contribution in [2.24, 2.45) is 17.3 Å². The first kappa shape index (κ1) is 11.0. The lowest BCUT2D eigenvalue weighted by Crippen LogP contribution is -2.08. The summed E-state index contributed by atoms with van der Waals surface area (Å²) < 4.78 is 9.23. The molecule has 0 aliphatic heterocycles. The van der Waals surface area contributed by atoms with Crippen molar-refractivity contribution in [1.82, 2.24) is 0 Å². The predicted octanol–water partition coefficient (Wildman–Crippen LogP) is 0.995. The molecular weight excluding hydrogens is 184 g/mol. The van der Waals surface area contributed by atoms with Crippen molar-refractivity contribution in [3.63, 3.8) is 0 Å². The number of hydrogen-bond donors (Lipinski definition) is 0. The second-order valence-electron chi connectivity index (χ2n) is 4.21. The third-order valence-corrected chi connectivity index (χ3v) is 3.12. The average Bonchev–Trinajstić information content (AvgIpc) is 2.67. The Morgan fingerprint density at radius 3 is 2.21 bits per heavy atom. The van der Waals surface area contributed by atoms with E-state index in [4.69, 9.17) is 0 Å². The summed E-state index contributed by atoms with van der Waals surface area (Å²) in [6.45, 7) is 3.92. The molecule has 0 saturated heterocycles. The fraction of sp³-hybridized carbons (Fsp3) is 0.800. The molecule has 0 heterocycles. The van der Waals surface area contributed by atoms with Gasteiger partial charge in [0.05, 0.1) is 20.1 Å². The normalized spacial score (nSPS) is 28.0. The molecule has 0 aromatic heterocycles. The van der Waals surface area contributed by atoms with Crippen molar-refractivity contribution >= 4 is 11.9 Å². The first-order valence-electron chi connectivity index (χ1n) is 4.59. The quantitative estimate of drug-likeness (QED) is 0.637. The lowest BCUT2D eigenvalue weighted by Gasteiger charge is -2.00.